The Morgan fingerprint density at radius 2 is 2.00 bits per heavy atom. The van der Waals surface area contributed by atoms with Gasteiger partial charge in [-0.25, -0.2) is 0 Å². The largest absolute Gasteiger partial charge is 0.495 e. The summed E-state index contributed by atoms with van der Waals surface area (Å²) in [5.74, 6) is 0.775. The van der Waals surface area contributed by atoms with Gasteiger partial charge in [-0.15, -0.1) is 0 Å². The van der Waals surface area contributed by atoms with E-state index >= 15 is 0 Å². The molecule has 0 spiro atoms. The van der Waals surface area contributed by atoms with Crippen LogP contribution in [0.2, 0.25) is 0 Å². The Hall–Kier alpha value is -1.43. The van der Waals surface area contributed by atoms with Gasteiger partial charge in [-0.3, -0.25) is 0 Å². The van der Waals surface area contributed by atoms with Gasteiger partial charge < -0.3 is 15.4 Å². The minimum atomic E-state index is -4.35. The summed E-state index contributed by atoms with van der Waals surface area (Å²) in [5.41, 5.74) is -0.0826. The number of piperidine rings is 1. The third-order valence-corrected chi connectivity index (χ3v) is 3.57. The van der Waals surface area contributed by atoms with E-state index in [2.05, 4.69) is 10.6 Å². The zero-order valence-corrected chi connectivity index (χ0v) is 11.4. The maximum absolute atomic E-state index is 12.6. The average molecular weight is 288 g/mol. The molecule has 0 amide bonds. The minimum absolute atomic E-state index is 0.230. The lowest BCUT2D eigenvalue weighted by Gasteiger charge is -2.24. The maximum atomic E-state index is 12.6. The van der Waals surface area contributed by atoms with Crippen molar-refractivity contribution in [1.29, 1.82) is 0 Å². The van der Waals surface area contributed by atoms with Crippen molar-refractivity contribution >= 4 is 5.69 Å². The molecule has 1 saturated heterocycles. The van der Waals surface area contributed by atoms with Crippen LogP contribution in [0, 0.1) is 5.92 Å². The van der Waals surface area contributed by atoms with Crippen molar-refractivity contribution in [3.63, 3.8) is 0 Å². The van der Waals surface area contributed by atoms with E-state index in [4.69, 9.17) is 4.74 Å². The van der Waals surface area contributed by atoms with Gasteiger partial charge in [-0.1, -0.05) is 0 Å². The van der Waals surface area contributed by atoms with E-state index in [1.54, 1.807) is 0 Å². The summed E-state index contributed by atoms with van der Waals surface area (Å²) in [5, 5.41) is 6.47. The third kappa shape index (κ3) is 3.79. The molecule has 0 radical (unpaired) electrons. The molecular weight excluding hydrogens is 269 g/mol. The van der Waals surface area contributed by atoms with Crippen LogP contribution in [-0.4, -0.2) is 26.7 Å². The zero-order chi connectivity index (χ0) is 14.6. The molecule has 20 heavy (non-hydrogen) atoms. The number of nitrogens with one attached hydrogen (secondary N) is 2. The molecule has 1 fully saturated rings. The van der Waals surface area contributed by atoms with Crippen molar-refractivity contribution in [2.75, 3.05) is 32.1 Å². The Morgan fingerprint density at radius 3 is 2.60 bits per heavy atom. The molecule has 0 unspecified atom stereocenters. The molecule has 0 atom stereocenters. The first kappa shape index (κ1) is 15.0. The van der Waals surface area contributed by atoms with Gasteiger partial charge in [0, 0.05) is 6.54 Å². The summed E-state index contributed by atoms with van der Waals surface area (Å²) in [7, 11) is 1.38. The molecule has 0 saturated carbocycles. The lowest BCUT2D eigenvalue weighted by atomic mass is 9.98. The molecular formula is C14H19F3N2O. The Bertz CT molecular complexity index is 443. The number of methoxy groups -OCH3 is 1. The summed E-state index contributed by atoms with van der Waals surface area (Å²) in [6.45, 7) is 2.75. The van der Waals surface area contributed by atoms with E-state index in [1.807, 2.05) is 0 Å². The summed E-state index contributed by atoms with van der Waals surface area (Å²) >= 11 is 0. The van der Waals surface area contributed by atoms with E-state index in [9.17, 15) is 13.2 Å². The average Bonchev–Trinajstić information content (AvgIpc) is 2.45. The fourth-order valence-electron chi connectivity index (χ4n) is 2.35. The fraction of sp³-hybridized carbons (Fsp3) is 0.571. The molecule has 3 nitrogen and oxygen atoms in total. The van der Waals surface area contributed by atoms with E-state index in [0.29, 0.717) is 11.6 Å². The van der Waals surface area contributed by atoms with Gasteiger partial charge >= 0.3 is 6.18 Å². The topological polar surface area (TPSA) is 33.3 Å². The predicted molar refractivity (Wildman–Crippen MR) is 72.1 cm³/mol. The third-order valence-electron chi connectivity index (χ3n) is 3.57. The molecule has 0 aliphatic carbocycles. The van der Waals surface area contributed by atoms with Gasteiger partial charge in [0.25, 0.3) is 0 Å². The van der Waals surface area contributed by atoms with Crippen LogP contribution in [0.1, 0.15) is 18.4 Å². The Morgan fingerprint density at radius 1 is 1.30 bits per heavy atom. The van der Waals surface area contributed by atoms with Crippen LogP contribution in [-0.2, 0) is 6.18 Å². The summed E-state index contributed by atoms with van der Waals surface area (Å²) in [4.78, 5) is 0. The Kier molecular flexibility index (Phi) is 4.75. The summed E-state index contributed by atoms with van der Waals surface area (Å²) in [6, 6.07) is 3.54. The molecule has 0 aromatic heterocycles. The maximum Gasteiger partial charge on any atom is 0.416 e. The number of hydrogen-bond acceptors (Lipinski definition) is 3. The Labute approximate surface area is 116 Å². The van der Waals surface area contributed by atoms with Crippen LogP contribution in [0.25, 0.3) is 0 Å². The van der Waals surface area contributed by atoms with Crippen LogP contribution in [0.4, 0.5) is 18.9 Å². The lowest BCUT2D eigenvalue weighted by Crippen LogP contribution is -2.31. The standard InChI is InChI=1S/C14H19F3N2O/c1-20-13-8-11(14(15,16)17)2-3-12(13)19-9-10-4-6-18-7-5-10/h2-3,8,10,18-19H,4-7,9H2,1H3. The fourth-order valence-corrected chi connectivity index (χ4v) is 2.35. The summed E-state index contributed by atoms with van der Waals surface area (Å²) in [6.07, 6.45) is -2.19. The van der Waals surface area contributed by atoms with Gasteiger partial charge in [0.15, 0.2) is 0 Å². The van der Waals surface area contributed by atoms with E-state index in [-0.39, 0.29) is 5.75 Å². The highest BCUT2D eigenvalue weighted by Crippen LogP contribution is 2.35. The van der Waals surface area contributed by atoms with Crippen LogP contribution in [0.5, 0.6) is 5.75 Å². The number of benzene rings is 1. The second-order valence-corrected chi connectivity index (χ2v) is 4.99. The number of alkyl halides is 3. The van der Waals surface area contributed by atoms with E-state index in [0.717, 1.165) is 44.6 Å². The van der Waals surface area contributed by atoms with Gasteiger partial charge in [0.05, 0.1) is 18.4 Å². The second kappa shape index (κ2) is 6.35. The second-order valence-electron chi connectivity index (χ2n) is 4.99. The highest BCUT2D eigenvalue weighted by molar-refractivity contribution is 5.58. The highest BCUT2D eigenvalue weighted by Gasteiger charge is 2.31. The van der Waals surface area contributed by atoms with Crippen molar-refractivity contribution in [1.82, 2.24) is 5.32 Å². The molecule has 1 aromatic rings. The number of anilines is 1. The van der Waals surface area contributed by atoms with Crippen molar-refractivity contribution < 1.29 is 17.9 Å². The number of ether oxygens (including phenoxy) is 1. The molecule has 1 aliphatic rings. The van der Waals surface area contributed by atoms with Gasteiger partial charge in [0.2, 0.25) is 0 Å². The predicted octanol–water partition coefficient (Wildman–Crippen LogP) is 3.13. The van der Waals surface area contributed by atoms with Crippen molar-refractivity contribution in [2.24, 2.45) is 5.92 Å². The quantitative estimate of drug-likeness (QED) is 0.893. The number of halogens is 3. The molecule has 2 rings (SSSR count). The van der Waals surface area contributed by atoms with E-state index in [1.165, 1.54) is 13.2 Å². The molecule has 1 heterocycles. The van der Waals surface area contributed by atoms with Crippen molar-refractivity contribution in [3.8, 4) is 5.75 Å². The van der Waals surface area contributed by atoms with Crippen LogP contribution in [0.3, 0.4) is 0 Å². The van der Waals surface area contributed by atoms with Crippen LogP contribution in [0.15, 0.2) is 18.2 Å². The Balaban J connectivity index is 2.03. The van der Waals surface area contributed by atoms with E-state index < -0.39 is 11.7 Å². The molecule has 1 aliphatic heterocycles. The lowest BCUT2D eigenvalue weighted by molar-refractivity contribution is -0.137. The molecule has 112 valence electrons. The normalized spacial score (nSPS) is 17.0. The first-order valence-corrected chi connectivity index (χ1v) is 6.70. The number of rotatable bonds is 4. The van der Waals surface area contributed by atoms with Gasteiger partial charge in [-0.2, -0.15) is 13.2 Å². The molecule has 1 aromatic carbocycles. The number of hydrogen-bond donors (Lipinski definition) is 2. The highest BCUT2D eigenvalue weighted by atomic mass is 19.4. The minimum Gasteiger partial charge on any atom is -0.495 e. The molecule has 0 bridgehead atoms. The van der Waals surface area contributed by atoms with Crippen molar-refractivity contribution in [3.05, 3.63) is 23.8 Å². The first-order chi connectivity index (χ1) is 9.50. The smallest absolute Gasteiger partial charge is 0.416 e. The van der Waals surface area contributed by atoms with Gasteiger partial charge in [-0.05, 0) is 50.0 Å². The zero-order valence-electron chi connectivity index (χ0n) is 11.4. The van der Waals surface area contributed by atoms with Gasteiger partial charge in [0.1, 0.15) is 5.75 Å². The van der Waals surface area contributed by atoms with Crippen LogP contribution >= 0.6 is 0 Å². The molecule has 6 heteroatoms. The van der Waals surface area contributed by atoms with Crippen molar-refractivity contribution in [2.45, 2.75) is 19.0 Å². The van der Waals surface area contributed by atoms with Crippen LogP contribution < -0.4 is 15.4 Å². The SMILES string of the molecule is COc1cc(C(F)(F)F)ccc1NCC1CCNCC1. The molecule has 2 N–H and O–H groups in total. The summed E-state index contributed by atoms with van der Waals surface area (Å²) < 4.78 is 42.9. The first-order valence-electron chi connectivity index (χ1n) is 6.70. The monoisotopic (exact) mass is 288 g/mol.